The highest BCUT2D eigenvalue weighted by atomic mass is 127. The van der Waals surface area contributed by atoms with Crippen LogP contribution in [0.25, 0.3) is 11.1 Å². The number of rotatable bonds is 14. The molecule has 0 aliphatic carbocycles. The number of amides is 1. The molecule has 46 heavy (non-hydrogen) atoms. The fraction of sp³-hybridized carbons (Fsp3) is 0.552. The zero-order valence-corrected chi connectivity index (χ0v) is 31.7. The van der Waals surface area contributed by atoms with Crippen LogP contribution in [0.4, 0.5) is 5.69 Å². The molecule has 0 aromatic heterocycles. The molecule has 14 nitrogen and oxygen atoms in total. The lowest BCUT2D eigenvalue weighted by molar-refractivity contribution is -0.252. The zero-order valence-electron chi connectivity index (χ0n) is 25.2. The number of carbonyl (C=O) groups excluding carboxylic acids is 1. The van der Waals surface area contributed by atoms with Crippen LogP contribution in [0.2, 0.25) is 0 Å². The normalized spacial score (nSPS) is 23.2. The van der Waals surface area contributed by atoms with E-state index < -0.39 is 55.4 Å². The lowest BCUT2D eigenvalue weighted by atomic mass is 9.95. The third-order valence-corrected chi connectivity index (χ3v) is 11.3. The van der Waals surface area contributed by atoms with E-state index in [2.05, 4.69) is 73.1 Å². The molecule has 1 aliphatic rings. The molecule has 11 N–H and O–H groups in total. The Bertz CT molecular complexity index is 1310. The minimum atomic E-state index is -1.68. The van der Waals surface area contributed by atoms with E-state index in [9.17, 15) is 45.6 Å². The molecular weight excluding hydrogens is 945 g/mol. The summed E-state index contributed by atoms with van der Waals surface area (Å²) in [5, 5.41) is 81.4. The van der Waals surface area contributed by atoms with Crippen LogP contribution in [0, 0.1) is 10.7 Å². The molecule has 1 saturated heterocycles. The highest BCUT2D eigenvalue weighted by molar-refractivity contribution is 14.1. The van der Waals surface area contributed by atoms with E-state index in [1.54, 1.807) is 12.1 Å². The molecule has 7 atom stereocenters. The number of aliphatic hydroxyl groups excluding tert-OH is 8. The van der Waals surface area contributed by atoms with Crippen LogP contribution in [0.5, 0.6) is 0 Å². The molecule has 1 amide bonds. The van der Waals surface area contributed by atoms with Gasteiger partial charge >= 0.3 is 0 Å². The first-order valence-electron chi connectivity index (χ1n) is 14.3. The van der Waals surface area contributed by atoms with Crippen LogP contribution >= 0.6 is 67.8 Å². The number of nitrogens with zero attached hydrogens (tertiary/aromatic N) is 2. The number of hydrogen-bond donors (Lipinski definition) is 10. The van der Waals surface area contributed by atoms with Gasteiger partial charge in [-0.15, -0.1) is 0 Å². The van der Waals surface area contributed by atoms with E-state index in [4.69, 9.17) is 10.5 Å². The smallest absolute Gasteiger partial charge is 0.253 e. The molecule has 17 heteroatoms. The van der Waals surface area contributed by atoms with Crippen molar-refractivity contribution in [1.82, 2.24) is 15.1 Å². The van der Waals surface area contributed by atoms with Crippen molar-refractivity contribution in [2.24, 2.45) is 0 Å². The standard InChI is InChI=1S/C29H41I3N4O10/c1-35(6-14(40)10-37)8-17-22(30)18(9-36(2)7-15(41)11-38)24(32)21(23(17)31)13-3-4-16(19(33)5-13)28(44)34-25-27(43)26(42)20(12-39)46-29(25)45/h3-5,14-15,20,25-27,29,37-43,45H,6-12,33H2,1-2H3,(H,34,44). The number of ether oxygens (including phenoxy) is 1. The van der Waals surface area contributed by atoms with Crippen molar-refractivity contribution in [3.63, 3.8) is 0 Å². The molecule has 0 bridgehead atoms. The molecule has 1 aliphatic heterocycles. The van der Waals surface area contributed by atoms with Crippen molar-refractivity contribution in [2.45, 2.75) is 55.9 Å². The summed E-state index contributed by atoms with van der Waals surface area (Å²) in [6.07, 6.45) is -7.85. The van der Waals surface area contributed by atoms with Gasteiger partial charge in [-0.25, -0.2) is 0 Å². The van der Waals surface area contributed by atoms with Crippen molar-refractivity contribution in [2.75, 3.05) is 52.7 Å². The number of nitrogen functional groups attached to an aromatic ring is 1. The van der Waals surface area contributed by atoms with Crippen molar-refractivity contribution in [3.8, 4) is 11.1 Å². The van der Waals surface area contributed by atoms with Crippen molar-refractivity contribution < 1.29 is 50.4 Å². The molecule has 0 spiro atoms. The SMILES string of the molecule is CN(Cc1c(I)c(CN(C)CC(O)CO)c(I)c(-c2ccc(C(=O)NC3C(O)OC(CO)C(O)C3O)c(N)c2)c1I)CC(O)CO. The maximum atomic E-state index is 13.2. The van der Waals surface area contributed by atoms with E-state index in [1.807, 2.05) is 23.9 Å². The Morgan fingerprint density at radius 1 is 0.913 bits per heavy atom. The van der Waals surface area contributed by atoms with Crippen LogP contribution in [-0.4, -0.2) is 146 Å². The first-order chi connectivity index (χ1) is 21.6. The van der Waals surface area contributed by atoms with Crippen LogP contribution < -0.4 is 11.1 Å². The molecule has 1 fully saturated rings. The first kappa shape index (κ1) is 39.9. The van der Waals surface area contributed by atoms with Gasteiger partial charge in [-0.3, -0.25) is 14.6 Å². The molecule has 3 rings (SSSR count). The predicted octanol–water partition coefficient (Wildman–Crippen LogP) is -1.15. The van der Waals surface area contributed by atoms with Gasteiger partial charge in [0.1, 0.15) is 24.4 Å². The summed E-state index contributed by atoms with van der Waals surface area (Å²) in [7, 11) is 3.68. The Balaban J connectivity index is 2.02. The second-order valence-corrected chi connectivity index (χ2v) is 14.6. The summed E-state index contributed by atoms with van der Waals surface area (Å²) in [5.74, 6) is -0.716. The van der Waals surface area contributed by atoms with Crippen molar-refractivity contribution in [1.29, 1.82) is 0 Å². The summed E-state index contributed by atoms with van der Waals surface area (Å²) in [6.45, 7) is 0.00708. The molecule has 1 heterocycles. The van der Waals surface area contributed by atoms with Crippen molar-refractivity contribution in [3.05, 3.63) is 45.6 Å². The number of anilines is 1. The summed E-state index contributed by atoms with van der Waals surface area (Å²) in [6, 6.07) is 3.51. The minimum absolute atomic E-state index is 0.0633. The molecule has 0 radical (unpaired) electrons. The van der Waals surface area contributed by atoms with E-state index in [0.717, 1.165) is 27.4 Å². The Morgan fingerprint density at radius 2 is 1.43 bits per heavy atom. The fourth-order valence-electron chi connectivity index (χ4n) is 5.22. The summed E-state index contributed by atoms with van der Waals surface area (Å²) >= 11 is 6.82. The fourth-order valence-corrected chi connectivity index (χ4v) is 9.69. The van der Waals surface area contributed by atoms with Gasteiger partial charge in [0.25, 0.3) is 5.91 Å². The van der Waals surface area contributed by atoms with Crippen LogP contribution in [-0.2, 0) is 17.8 Å². The summed E-state index contributed by atoms with van der Waals surface area (Å²) in [4.78, 5) is 17.0. The average molecular weight is 986 g/mol. The lowest BCUT2D eigenvalue weighted by Crippen LogP contribution is -2.64. The van der Waals surface area contributed by atoms with Gasteiger partial charge < -0.3 is 56.6 Å². The monoisotopic (exact) mass is 986 g/mol. The van der Waals surface area contributed by atoms with Gasteiger partial charge in [0.05, 0.1) is 37.6 Å². The molecule has 2 aromatic carbocycles. The number of hydrogen-bond acceptors (Lipinski definition) is 13. The number of nitrogens with two attached hydrogens (primary N) is 1. The molecular formula is C29H41I3N4O10. The van der Waals surface area contributed by atoms with E-state index in [1.165, 1.54) is 6.07 Å². The summed E-state index contributed by atoms with van der Waals surface area (Å²) in [5.41, 5.74) is 10.1. The minimum Gasteiger partial charge on any atom is -0.398 e. The molecule has 258 valence electrons. The largest absolute Gasteiger partial charge is 0.398 e. The lowest BCUT2D eigenvalue weighted by Gasteiger charge is -2.40. The van der Waals surface area contributed by atoms with E-state index >= 15 is 0 Å². The van der Waals surface area contributed by atoms with Gasteiger partial charge in [0, 0.05) is 48.1 Å². The van der Waals surface area contributed by atoms with E-state index in [-0.39, 0.29) is 37.6 Å². The third kappa shape index (κ3) is 9.57. The third-order valence-electron chi connectivity index (χ3n) is 7.60. The Morgan fingerprint density at radius 3 is 1.89 bits per heavy atom. The number of halogens is 3. The Kier molecular flexibility index (Phi) is 15.5. The maximum Gasteiger partial charge on any atom is 0.253 e. The van der Waals surface area contributed by atoms with Gasteiger partial charge in [-0.2, -0.15) is 0 Å². The van der Waals surface area contributed by atoms with Crippen molar-refractivity contribution >= 4 is 79.4 Å². The van der Waals surface area contributed by atoms with Gasteiger partial charge in [-0.1, -0.05) is 6.07 Å². The topological polar surface area (TPSA) is 233 Å². The number of benzene rings is 2. The van der Waals surface area contributed by atoms with Gasteiger partial charge in [0.2, 0.25) is 0 Å². The zero-order chi connectivity index (χ0) is 34.5. The molecule has 7 unspecified atom stereocenters. The maximum absolute atomic E-state index is 13.2. The van der Waals surface area contributed by atoms with Crippen LogP contribution in [0.1, 0.15) is 21.5 Å². The average Bonchev–Trinajstić information content (AvgIpc) is 3.01. The molecule has 0 saturated carbocycles. The predicted molar refractivity (Wildman–Crippen MR) is 195 cm³/mol. The van der Waals surface area contributed by atoms with Gasteiger partial charge in [-0.05, 0) is 111 Å². The van der Waals surface area contributed by atoms with Crippen LogP contribution in [0.3, 0.4) is 0 Å². The summed E-state index contributed by atoms with van der Waals surface area (Å²) < 4.78 is 7.93. The number of aliphatic hydroxyl groups is 8. The molecule has 2 aromatic rings. The highest BCUT2D eigenvalue weighted by Crippen LogP contribution is 2.40. The second-order valence-electron chi connectivity index (χ2n) is 11.4. The number of nitrogens with one attached hydrogen (secondary N) is 1. The quantitative estimate of drug-likeness (QED) is 0.0798. The first-order valence-corrected chi connectivity index (χ1v) is 17.5. The van der Waals surface area contributed by atoms with E-state index in [0.29, 0.717) is 18.7 Å². The Labute approximate surface area is 308 Å². The number of carbonyl (C=O) groups is 1. The van der Waals surface area contributed by atoms with Gasteiger partial charge in [0.15, 0.2) is 6.29 Å². The van der Waals surface area contributed by atoms with Crippen LogP contribution in [0.15, 0.2) is 18.2 Å². The Hall–Kier alpha value is -0.540. The highest BCUT2D eigenvalue weighted by Gasteiger charge is 2.44. The second kappa shape index (κ2) is 17.9. The number of likely N-dealkylation sites (N-methyl/N-ethyl adjacent to an activating group) is 2.